The summed E-state index contributed by atoms with van der Waals surface area (Å²) in [7, 11) is 0. The van der Waals surface area contributed by atoms with Crippen LogP contribution in [0.1, 0.15) is 0 Å². The van der Waals surface area contributed by atoms with Crippen LogP contribution >= 0.6 is 19.8 Å². The summed E-state index contributed by atoms with van der Waals surface area (Å²) in [6, 6.07) is 0. The molecule has 0 saturated carbocycles. The van der Waals surface area contributed by atoms with Crippen molar-refractivity contribution < 1.29 is 33.8 Å². The summed E-state index contributed by atoms with van der Waals surface area (Å²) in [4.78, 5) is 0. The van der Waals surface area contributed by atoms with E-state index >= 15 is 0 Å². The minimum absolute atomic E-state index is 0. The fourth-order valence-corrected chi connectivity index (χ4v) is 0. The van der Waals surface area contributed by atoms with Crippen LogP contribution in [0.4, 0.5) is 0 Å². The normalized spacial score (nSPS) is 0. The molecule has 0 atom stereocenters. The molecule has 0 N–H and O–H groups in total. The van der Waals surface area contributed by atoms with Crippen LogP contribution in [0.2, 0.25) is 0 Å². The van der Waals surface area contributed by atoms with Gasteiger partial charge in [-0.2, -0.15) is 0 Å². The summed E-state index contributed by atoms with van der Waals surface area (Å²) < 4.78 is 0. The molecule has 0 aromatic heterocycles. The third-order valence-electron chi connectivity index (χ3n) is 0. The van der Waals surface area contributed by atoms with Crippen molar-refractivity contribution in [3.8, 4) is 0 Å². The smallest absolute Gasteiger partial charge is 0 e. The van der Waals surface area contributed by atoms with Gasteiger partial charge >= 0.3 is 0 Å². The van der Waals surface area contributed by atoms with Gasteiger partial charge in [0.15, 0.2) is 0 Å². The van der Waals surface area contributed by atoms with Crippen LogP contribution in [-0.4, -0.2) is 24.4 Å². The predicted molar refractivity (Wildman–Crippen MR) is 19.6 cm³/mol. The van der Waals surface area contributed by atoms with Crippen LogP contribution in [0.25, 0.3) is 0 Å². The fraction of sp³-hybridized carbons (Fsp3) is 0. The van der Waals surface area contributed by atoms with E-state index in [2.05, 4.69) is 0 Å². The van der Waals surface area contributed by atoms with Gasteiger partial charge in [-0.25, -0.2) is 0 Å². The van der Waals surface area contributed by atoms with Crippen LogP contribution in [-0.2, 0) is 33.8 Å². The van der Waals surface area contributed by atoms with Crippen molar-refractivity contribution in [3.05, 3.63) is 0 Å². The first kappa shape index (κ1) is 47.4. The Morgan fingerprint density at radius 2 is 0.800 bits per heavy atom. The monoisotopic (exact) mass is 297 g/mol. The molecule has 0 unspecified atom stereocenters. The van der Waals surface area contributed by atoms with Crippen molar-refractivity contribution in [1.82, 2.24) is 0 Å². The summed E-state index contributed by atoms with van der Waals surface area (Å²) in [5, 5.41) is 0. The Hall–Kier alpha value is 2.70. The van der Waals surface area contributed by atoms with Gasteiger partial charge in [-0.05, 0) is 0 Å². The Morgan fingerprint density at radius 3 is 0.800 bits per heavy atom. The summed E-state index contributed by atoms with van der Waals surface area (Å²) >= 11 is 0. The number of rotatable bonds is 0. The molecule has 0 aliphatic carbocycles. The molecule has 0 heterocycles. The van der Waals surface area contributed by atoms with Crippen molar-refractivity contribution in [3.63, 3.8) is 0 Å². The maximum absolute atomic E-state index is 0. The molecule has 0 aliphatic rings. The average molecular weight is 298 g/mol. The molecule has 31 valence electrons. The van der Waals surface area contributed by atoms with Crippen molar-refractivity contribution in [2.75, 3.05) is 0 Å². The van der Waals surface area contributed by atoms with Gasteiger partial charge in [0, 0.05) is 78.1 Å². The number of hydrogen-bond donors (Lipinski definition) is 0. The molecule has 0 amide bonds. The molecule has 5 heteroatoms. The Morgan fingerprint density at radius 1 is 0.800 bits per heavy atom. The molecular weight excluding hydrogens is 298 g/mol. The van der Waals surface area contributed by atoms with Crippen LogP contribution in [0, 0.1) is 0 Å². The molecular formula is CoMnP2Sb. The predicted octanol–water partition coefficient (Wildman–Crippen LogP) is 1.34. The summed E-state index contributed by atoms with van der Waals surface area (Å²) in [5.41, 5.74) is 0. The Bertz CT molecular complexity index is 9.61. The largest absolute Gasteiger partial charge is 0 e. The molecule has 0 aromatic rings. The molecule has 0 spiro atoms. The van der Waals surface area contributed by atoms with E-state index in [4.69, 9.17) is 0 Å². The van der Waals surface area contributed by atoms with Crippen molar-refractivity contribution in [2.24, 2.45) is 0 Å². The van der Waals surface area contributed by atoms with E-state index in [-0.39, 0.29) is 78.1 Å². The second-order valence-corrected chi connectivity index (χ2v) is 0. The molecule has 5 heavy (non-hydrogen) atoms. The van der Waals surface area contributed by atoms with Gasteiger partial charge in [-0.3, -0.25) is 0 Å². The average Bonchev–Trinajstić information content (AvgIpc) is 0. The van der Waals surface area contributed by atoms with Crippen LogP contribution < -0.4 is 0 Å². The van der Waals surface area contributed by atoms with Gasteiger partial charge in [0.1, 0.15) is 0 Å². The van der Waals surface area contributed by atoms with Crippen LogP contribution in [0.15, 0.2) is 0 Å². The molecule has 11 radical (unpaired) electrons. The van der Waals surface area contributed by atoms with Crippen LogP contribution in [0.5, 0.6) is 0 Å². The maximum Gasteiger partial charge on any atom is 0 e. The van der Waals surface area contributed by atoms with Gasteiger partial charge in [0.25, 0.3) is 0 Å². The van der Waals surface area contributed by atoms with Gasteiger partial charge < -0.3 is 0 Å². The fourth-order valence-electron chi connectivity index (χ4n) is 0. The minimum atomic E-state index is 0. The van der Waals surface area contributed by atoms with Crippen molar-refractivity contribution in [2.45, 2.75) is 0 Å². The molecule has 0 saturated heterocycles. The van der Waals surface area contributed by atoms with E-state index < -0.39 is 0 Å². The standard InChI is InChI=1S/Co.Mn.2P.Sb. The molecule has 0 aromatic carbocycles. The zero-order valence-corrected chi connectivity index (χ0v) is 8.62. The summed E-state index contributed by atoms with van der Waals surface area (Å²) in [6.07, 6.45) is 0. The molecule has 0 bridgehead atoms. The Kier molecular flexibility index (Phi) is 283. The Labute approximate surface area is 77.4 Å². The van der Waals surface area contributed by atoms with Crippen LogP contribution in [0.3, 0.4) is 0 Å². The van der Waals surface area contributed by atoms with Gasteiger partial charge in [-0.1, -0.05) is 0 Å². The summed E-state index contributed by atoms with van der Waals surface area (Å²) in [5.74, 6) is 0. The maximum atomic E-state index is 0. The minimum Gasteiger partial charge on any atom is 0 e. The van der Waals surface area contributed by atoms with Gasteiger partial charge in [-0.15, -0.1) is 0 Å². The van der Waals surface area contributed by atoms with Gasteiger partial charge in [0.05, 0.1) is 0 Å². The van der Waals surface area contributed by atoms with Gasteiger partial charge in [0.2, 0.25) is 0 Å². The summed E-state index contributed by atoms with van der Waals surface area (Å²) in [6.45, 7) is 0. The Balaban J connectivity index is 0. The van der Waals surface area contributed by atoms with E-state index in [9.17, 15) is 0 Å². The molecule has 0 rings (SSSR count). The third-order valence-corrected chi connectivity index (χ3v) is 0. The number of hydrogen-bond acceptors (Lipinski definition) is 0. The molecule has 0 aliphatic heterocycles. The van der Waals surface area contributed by atoms with E-state index in [0.29, 0.717) is 0 Å². The zero-order valence-electron chi connectivity index (χ0n) is 2.05. The van der Waals surface area contributed by atoms with E-state index in [1.165, 1.54) is 0 Å². The zero-order chi connectivity index (χ0) is 0. The van der Waals surface area contributed by atoms with E-state index in [1.807, 2.05) is 0 Å². The first-order chi connectivity index (χ1) is 0. The van der Waals surface area contributed by atoms with Crippen molar-refractivity contribution in [1.29, 1.82) is 0 Å². The van der Waals surface area contributed by atoms with E-state index in [1.54, 1.807) is 0 Å². The molecule has 0 fully saturated rings. The second-order valence-electron chi connectivity index (χ2n) is 0. The first-order valence-electron chi connectivity index (χ1n) is 0. The quantitative estimate of drug-likeness (QED) is 0.467. The second kappa shape index (κ2) is 29.8. The first-order valence-corrected chi connectivity index (χ1v) is 0. The third kappa shape index (κ3) is 20.3. The topological polar surface area (TPSA) is 0 Å². The SMILES string of the molecule is [Co].[Mn].[P].[P].[Sb]. The van der Waals surface area contributed by atoms with Crippen molar-refractivity contribution >= 4 is 44.2 Å². The molecule has 0 nitrogen and oxygen atoms in total. The van der Waals surface area contributed by atoms with E-state index in [0.717, 1.165) is 0 Å².